The molecule has 5 heteroatoms. The Hall–Kier alpha value is -2.14. The molecule has 0 amide bonds. The van der Waals surface area contributed by atoms with Crippen LogP contribution in [0, 0.1) is 0 Å². The average Bonchev–Trinajstić information content (AvgIpc) is 3.07. The van der Waals surface area contributed by atoms with E-state index in [1.165, 1.54) is 16.5 Å². The molecule has 5 nitrogen and oxygen atoms in total. The van der Waals surface area contributed by atoms with Crippen LogP contribution in [0.15, 0.2) is 36.8 Å². The van der Waals surface area contributed by atoms with Gasteiger partial charge in [-0.1, -0.05) is 18.2 Å². The van der Waals surface area contributed by atoms with E-state index >= 15 is 0 Å². The maximum atomic E-state index is 5.72. The largest absolute Gasteiger partial charge is 0.340 e. The summed E-state index contributed by atoms with van der Waals surface area (Å²) in [4.78, 5) is 4.35. The molecule has 0 aliphatic carbocycles. The molecule has 0 spiro atoms. The van der Waals surface area contributed by atoms with E-state index in [4.69, 9.17) is 5.73 Å². The second-order valence-electron chi connectivity index (χ2n) is 4.83. The number of aryl methyl sites for hydroxylation is 1. The van der Waals surface area contributed by atoms with E-state index in [0.717, 1.165) is 25.3 Å². The lowest BCUT2D eigenvalue weighted by Gasteiger charge is -2.09. The molecule has 3 rings (SSSR count). The minimum absolute atomic E-state index is 0.662. The quantitative estimate of drug-likeness (QED) is 0.768. The summed E-state index contributed by atoms with van der Waals surface area (Å²) in [5.74, 6) is 0.979. The Morgan fingerprint density at radius 1 is 1.25 bits per heavy atom. The van der Waals surface area contributed by atoms with Crippen molar-refractivity contribution in [2.24, 2.45) is 5.73 Å². The summed E-state index contributed by atoms with van der Waals surface area (Å²) < 4.78 is 4.16. The molecule has 0 saturated heterocycles. The molecule has 0 fully saturated rings. The first-order valence-electron chi connectivity index (χ1n) is 6.97. The van der Waals surface area contributed by atoms with Gasteiger partial charge in [-0.15, -0.1) is 0 Å². The third-order valence-corrected chi connectivity index (χ3v) is 3.59. The lowest BCUT2D eigenvalue weighted by atomic mass is 10.1. The summed E-state index contributed by atoms with van der Waals surface area (Å²) in [5.41, 5.74) is 8.26. The molecule has 2 aromatic heterocycles. The lowest BCUT2D eigenvalue weighted by Crippen LogP contribution is -2.10. The van der Waals surface area contributed by atoms with Crippen molar-refractivity contribution in [2.45, 2.75) is 26.4 Å². The fourth-order valence-corrected chi connectivity index (χ4v) is 2.66. The molecule has 0 atom stereocenters. The molecular formula is C15H19N5. The van der Waals surface area contributed by atoms with Crippen LogP contribution in [0.4, 0.5) is 0 Å². The zero-order chi connectivity index (χ0) is 13.9. The normalized spacial score (nSPS) is 11.3. The highest BCUT2D eigenvalue weighted by molar-refractivity contribution is 5.83. The topological polar surface area (TPSA) is 61.7 Å². The predicted molar refractivity (Wildman–Crippen MR) is 79.5 cm³/mol. The summed E-state index contributed by atoms with van der Waals surface area (Å²) in [6.07, 6.45) is 4.62. The van der Waals surface area contributed by atoms with Gasteiger partial charge in [0.15, 0.2) is 0 Å². The Kier molecular flexibility index (Phi) is 3.52. The number of para-hydroxylation sites is 1. The van der Waals surface area contributed by atoms with E-state index in [2.05, 4.69) is 52.0 Å². The highest BCUT2D eigenvalue weighted by atomic mass is 15.3. The number of hydrogen-bond donors (Lipinski definition) is 1. The second kappa shape index (κ2) is 5.46. The monoisotopic (exact) mass is 269 g/mol. The van der Waals surface area contributed by atoms with Gasteiger partial charge in [0.2, 0.25) is 0 Å². The van der Waals surface area contributed by atoms with Gasteiger partial charge in [-0.25, -0.2) is 9.67 Å². The van der Waals surface area contributed by atoms with Gasteiger partial charge in [-0.05, 0) is 36.9 Å². The van der Waals surface area contributed by atoms with Crippen molar-refractivity contribution in [3.63, 3.8) is 0 Å². The molecule has 0 unspecified atom stereocenters. The molecule has 1 aromatic carbocycles. The molecule has 0 saturated carbocycles. The van der Waals surface area contributed by atoms with Gasteiger partial charge in [-0.2, -0.15) is 5.10 Å². The van der Waals surface area contributed by atoms with Gasteiger partial charge in [0.1, 0.15) is 12.2 Å². The van der Waals surface area contributed by atoms with Gasteiger partial charge in [-0.3, -0.25) is 0 Å². The van der Waals surface area contributed by atoms with E-state index in [9.17, 15) is 0 Å². The van der Waals surface area contributed by atoms with Crippen molar-refractivity contribution < 1.29 is 0 Å². The predicted octanol–water partition coefficient (Wildman–Crippen LogP) is 1.80. The molecule has 2 N–H and O–H groups in total. The van der Waals surface area contributed by atoms with Crippen LogP contribution in [0.5, 0.6) is 0 Å². The van der Waals surface area contributed by atoms with Crippen LogP contribution in [0.3, 0.4) is 0 Å². The minimum atomic E-state index is 0.662. The minimum Gasteiger partial charge on any atom is -0.340 e. The zero-order valence-corrected chi connectivity index (χ0v) is 11.7. The Morgan fingerprint density at radius 3 is 2.95 bits per heavy atom. The second-order valence-corrected chi connectivity index (χ2v) is 4.83. The summed E-state index contributed by atoms with van der Waals surface area (Å²) >= 11 is 0. The van der Waals surface area contributed by atoms with Gasteiger partial charge >= 0.3 is 0 Å². The van der Waals surface area contributed by atoms with Crippen LogP contribution >= 0.6 is 0 Å². The number of rotatable bonds is 5. The molecule has 0 radical (unpaired) electrons. The number of aromatic nitrogens is 4. The molecule has 3 aromatic rings. The van der Waals surface area contributed by atoms with Crippen molar-refractivity contribution in [3.05, 3.63) is 48.2 Å². The number of hydrogen-bond acceptors (Lipinski definition) is 3. The summed E-state index contributed by atoms with van der Waals surface area (Å²) in [6, 6.07) is 8.51. The van der Waals surface area contributed by atoms with E-state index in [1.54, 1.807) is 6.33 Å². The van der Waals surface area contributed by atoms with Crippen LogP contribution in [-0.2, 0) is 19.5 Å². The third-order valence-electron chi connectivity index (χ3n) is 3.59. The van der Waals surface area contributed by atoms with Gasteiger partial charge in [0.25, 0.3) is 0 Å². The lowest BCUT2D eigenvalue weighted by molar-refractivity contribution is 0.597. The first-order valence-corrected chi connectivity index (χ1v) is 6.97. The first kappa shape index (κ1) is 12.9. The van der Waals surface area contributed by atoms with E-state index in [-0.39, 0.29) is 0 Å². The van der Waals surface area contributed by atoms with Crippen LogP contribution in [0.1, 0.15) is 18.3 Å². The van der Waals surface area contributed by atoms with Crippen LogP contribution in [0.2, 0.25) is 0 Å². The molecule has 0 aliphatic heterocycles. The standard InChI is InChI=1S/C15H19N5/c1-2-20-14(17-11-18-20)10-19-9-7-13-5-3-4-12(6-8-16)15(13)19/h3-5,7,9,11H,2,6,8,10,16H2,1H3. The number of nitrogens with zero attached hydrogens (tertiary/aromatic N) is 4. The first-order chi connectivity index (χ1) is 9.83. The van der Waals surface area contributed by atoms with E-state index in [0.29, 0.717) is 6.54 Å². The van der Waals surface area contributed by atoms with Crippen molar-refractivity contribution >= 4 is 10.9 Å². The van der Waals surface area contributed by atoms with E-state index < -0.39 is 0 Å². The Balaban J connectivity index is 2.03. The van der Waals surface area contributed by atoms with Gasteiger partial charge in [0, 0.05) is 12.7 Å². The van der Waals surface area contributed by atoms with Crippen LogP contribution in [0.25, 0.3) is 10.9 Å². The maximum Gasteiger partial charge on any atom is 0.146 e. The molecule has 0 bridgehead atoms. The van der Waals surface area contributed by atoms with Crippen molar-refractivity contribution in [1.82, 2.24) is 19.3 Å². The summed E-state index contributed by atoms with van der Waals surface area (Å²) in [7, 11) is 0. The van der Waals surface area contributed by atoms with Crippen LogP contribution < -0.4 is 5.73 Å². The maximum absolute atomic E-state index is 5.72. The Labute approximate surface area is 118 Å². The molecule has 2 heterocycles. The number of benzene rings is 1. The molecular weight excluding hydrogens is 250 g/mol. The third kappa shape index (κ3) is 2.20. The van der Waals surface area contributed by atoms with Crippen molar-refractivity contribution in [1.29, 1.82) is 0 Å². The highest BCUT2D eigenvalue weighted by Gasteiger charge is 2.09. The SMILES string of the molecule is CCn1ncnc1Cn1ccc2cccc(CCN)c21. The molecule has 104 valence electrons. The molecule has 0 aliphatic rings. The average molecular weight is 269 g/mol. The smallest absolute Gasteiger partial charge is 0.146 e. The number of fused-ring (bicyclic) bond motifs is 1. The molecule has 20 heavy (non-hydrogen) atoms. The van der Waals surface area contributed by atoms with Crippen LogP contribution in [-0.4, -0.2) is 25.9 Å². The summed E-state index contributed by atoms with van der Waals surface area (Å²) in [5, 5.41) is 5.47. The fraction of sp³-hybridized carbons (Fsp3) is 0.333. The Bertz CT molecular complexity index is 710. The van der Waals surface area contributed by atoms with Crippen molar-refractivity contribution in [3.8, 4) is 0 Å². The van der Waals surface area contributed by atoms with Gasteiger partial charge < -0.3 is 10.3 Å². The number of nitrogens with two attached hydrogens (primary N) is 1. The fourth-order valence-electron chi connectivity index (χ4n) is 2.66. The van der Waals surface area contributed by atoms with Crippen molar-refractivity contribution in [2.75, 3.05) is 6.54 Å². The van der Waals surface area contributed by atoms with E-state index in [1.807, 2.05) is 4.68 Å². The Morgan fingerprint density at radius 2 is 2.15 bits per heavy atom. The van der Waals surface area contributed by atoms with Gasteiger partial charge in [0.05, 0.1) is 12.1 Å². The highest BCUT2D eigenvalue weighted by Crippen LogP contribution is 2.21. The zero-order valence-electron chi connectivity index (χ0n) is 11.7. The summed E-state index contributed by atoms with van der Waals surface area (Å²) in [6.45, 7) is 4.31.